The number of hydrogen-bond acceptors (Lipinski definition) is 3. The Labute approximate surface area is 248 Å². The van der Waals surface area contributed by atoms with Crippen LogP contribution in [0.25, 0.3) is 11.1 Å². The fraction of sp³-hybridized carbons (Fsp3) is 0.278. The van der Waals surface area contributed by atoms with E-state index in [-0.39, 0.29) is 17.6 Å². The van der Waals surface area contributed by atoms with Crippen molar-refractivity contribution < 1.29 is 9.59 Å². The highest BCUT2D eigenvalue weighted by molar-refractivity contribution is 6.30. The van der Waals surface area contributed by atoms with Gasteiger partial charge in [0.1, 0.15) is 0 Å². The van der Waals surface area contributed by atoms with Crippen LogP contribution in [0, 0.1) is 5.92 Å². The number of carbonyl (C=O) groups is 2. The molecule has 0 aliphatic carbocycles. The van der Waals surface area contributed by atoms with E-state index in [1.165, 1.54) is 0 Å². The van der Waals surface area contributed by atoms with Gasteiger partial charge in [-0.1, -0.05) is 97.4 Å². The minimum Gasteiger partial charge on any atom is -0.372 e. The standard InChI is InChI=1S/C36H37ClN2O2/c1-2-22-38-36(41)35(28-8-4-3-5-9-28)29-20-23-39(24-21-29)31-18-12-26(13-19-31)25-34(40)33-11-7-6-10-32(33)27-14-16-30(37)17-15-27/h3-19,29,35H,2,20-25H2,1H3,(H,38,41). The Kier molecular flexibility index (Phi) is 9.53. The van der Waals surface area contributed by atoms with Crippen molar-refractivity contribution in [1.29, 1.82) is 0 Å². The van der Waals surface area contributed by atoms with E-state index in [2.05, 4.69) is 53.5 Å². The van der Waals surface area contributed by atoms with Crippen molar-refractivity contribution in [2.75, 3.05) is 24.5 Å². The maximum atomic E-state index is 13.3. The molecule has 1 saturated heterocycles. The Morgan fingerprint density at radius 1 is 0.854 bits per heavy atom. The normalized spacial score (nSPS) is 14.4. The van der Waals surface area contributed by atoms with E-state index in [0.717, 1.165) is 65.9 Å². The van der Waals surface area contributed by atoms with Gasteiger partial charge in [0.15, 0.2) is 5.78 Å². The van der Waals surface area contributed by atoms with Crippen LogP contribution in [-0.2, 0) is 11.2 Å². The number of piperidine rings is 1. The average Bonchev–Trinajstić information content (AvgIpc) is 3.02. The van der Waals surface area contributed by atoms with Crippen molar-refractivity contribution in [3.05, 3.63) is 125 Å². The van der Waals surface area contributed by atoms with Crippen LogP contribution in [0.4, 0.5) is 5.69 Å². The largest absolute Gasteiger partial charge is 0.372 e. The fourth-order valence-electron chi connectivity index (χ4n) is 5.86. The summed E-state index contributed by atoms with van der Waals surface area (Å²) < 4.78 is 0. The lowest BCUT2D eigenvalue weighted by Gasteiger charge is -2.37. The third-order valence-electron chi connectivity index (χ3n) is 8.05. The van der Waals surface area contributed by atoms with E-state index >= 15 is 0 Å². The molecule has 210 valence electrons. The molecule has 0 spiro atoms. The lowest BCUT2D eigenvalue weighted by atomic mass is 9.79. The number of hydrogen-bond donors (Lipinski definition) is 1. The zero-order chi connectivity index (χ0) is 28.6. The predicted octanol–water partition coefficient (Wildman–Crippen LogP) is 7.96. The van der Waals surface area contributed by atoms with Gasteiger partial charge < -0.3 is 10.2 Å². The van der Waals surface area contributed by atoms with Gasteiger partial charge in [-0.3, -0.25) is 9.59 Å². The molecule has 0 radical (unpaired) electrons. The molecular formula is C36H37ClN2O2. The maximum absolute atomic E-state index is 13.3. The Morgan fingerprint density at radius 2 is 1.51 bits per heavy atom. The summed E-state index contributed by atoms with van der Waals surface area (Å²) in [5, 5.41) is 3.81. The molecule has 1 atom stereocenters. The van der Waals surface area contributed by atoms with Crippen molar-refractivity contribution >= 4 is 29.0 Å². The Bertz CT molecular complexity index is 1440. The molecule has 1 aliphatic heterocycles. The summed E-state index contributed by atoms with van der Waals surface area (Å²) in [7, 11) is 0. The third kappa shape index (κ3) is 7.07. The minimum absolute atomic E-state index is 0.0948. The van der Waals surface area contributed by atoms with Gasteiger partial charge in [-0.05, 0) is 71.7 Å². The first kappa shape index (κ1) is 28.6. The van der Waals surface area contributed by atoms with E-state index < -0.39 is 0 Å². The van der Waals surface area contributed by atoms with Crippen LogP contribution < -0.4 is 10.2 Å². The summed E-state index contributed by atoms with van der Waals surface area (Å²) in [5.41, 5.74) is 5.88. The van der Waals surface area contributed by atoms with E-state index in [1.54, 1.807) is 0 Å². The molecule has 4 aromatic rings. The van der Waals surface area contributed by atoms with Crippen LogP contribution in [0.2, 0.25) is 5.02 Å². The number of ketones is 1. The molecule has 0 saturated carbocycles. The Balaban J connectivity index is 1.22. The molecule has 1 amide bonds. The third-order valence-corrected chi connectivity index (χ3v) is 8.30. The second-order valence-electron chi connectivity index (χ2n) is 10.8. The molecule has 4 aromatic carbocycles. The first-order chi connectivity index (χ1) is 20.0. The number of Topliss-reactive ketones (excluding diaryl/α,β-unsaturated/α-hetero) is 1. The summed E-state index contributed by atoms with van der Waals surface area (Å²) in [6.45, 7) is 4.60. The summed E-state index contributed by atoms with van der Waals surface area (Å²) >= 11 is 6.07. The minimum atomic E-state index is -0.117. The zero-order valence-electron chi connectivity index (χ0n) is 23.6. The number of nitrogens with zero attached hydrogens (tertiary/aromatic N) is 1. The number of rotatable bonds is 10. The maximum Gasteiger partial charge on any atom is 0.227 e. The van der Waals surface area contributed by atoms with Gasteiger partial charge in [0.2, 0.25) is 5.91 Å². The van der Waals surface area contributed by atoms with Crippen molar-refractivity contribution in [3.8, 4) is 11.1 Å². The monoisotopic (exact) mass is 564 g/mol. The van der Waals surface area contributed by atoms with E-state index in [9.17, 15) is 9.59 Å². The van der Waals surface area contributed by atoms with Gasteiger partial charge >= 0.3 is 0 Å². The van der Waals surface area contributed by atoms with Crippen LogP contribution in [-0.4, -0.2) is 31.3 Å². The van der Waals surface area contributed by atoms with Crippen molar-refractivity contribution in [1.82, 2.24) is 5.32 Å². The second-order valence-corrected chi connectivity index (χ2v) is 11.3. The second kappa shape index (κ2) is 13.6. The molecule has 1 N–H and O–H groups in total. The molecule has 1 fully saturated rings. The Morgan fingerprint density at radius 3 is 2.20 bits per heavy atom. The fourth-order valence-corrected chi connectivity index (χ4v) is 5.99. The number of benzene rings is 4. The molecule has 1 heterocycles. The molecule has 1 aliphatic rings. The Hall–Kier alpha value is -3.89. The smallest absolute Gasteiger partial charge is 0.227 e. The molecular weight excluding hydrogens is 528 g/mol. The summed E-state index contributed by atoms with van der Waals surface area (Å²) in [5.74, 6) is 0.428. The van der Waals surface area contributed by atoms with Gasteiger partial charge in [0.25, 0.3) is 0 Å². The van der Waals surface area contributed by atoms with Gasteiger partial charge in [-0.2, -0.15) is 0 Å². The number of amides is 1. The highest BCUT2D eigenvalue weighted by Gasteiger charge is 2.32. The first-order valence-electron chi connectivity index (χ1n) is 14.6. The summed E-state index contributed by atoms with van der Waals surface area (Å²) in [4.78, 5) is 28.9. The predicted molar refractivity (Wildman–Crippen MR) is 169 cm³/mol. The van der Waals surface area contributed by atoms with Crippen molar-refractivity contribution in [3.63, 3.8) is 0 Å². The summed E-state index contributed by atoms with van der Waals surface area (Å²) in [6.07, 6.45) is 3.20. The van der Waals surface area contributed by atoms with Gasteiger partial charge in [0.05, 0.1) is 5.92 Å². The lowest BCUT2D eigenvalue weighted by molar-refractivity contribution is -0.124. The van der Waals surface area contributed by atoms with Crippen LogP contribution in [0.15, 0.2) is 103 Å². The molecule has 4 nitrogen and oxygen atoms in total. The van der Waals surface area contributed by atoms with Crippen molar-refractivity contribution in [2.45, 2.75) is 38.5 Å². The van der Waals surface area contributed by atoms with E-state index in [4.69, 9.17) is 11.6 Å². The number of carbonyl (C=O) groups excluding carboxylic acids is 2. The first-order valence-corrected chi connectivity index (χ1v) is 15.0. The van der Waals surface area contributed by atoms with Crippen molar-refractivity contribution in [2.24, 2.45) is 5.92 Å². The quantitative estimate of drug-likeness (QED) is 0.199. The highest BCUT2D eigenvalue weighted by atomic mass is 35.5. The van der Waals surface area contributed by atoms with Gasteiger partial charge in [-0.25, -0.2) is 0 Å². The lowest BCUT2D eigenvalue weighted by Crippen LogP contribution is -2.40. The van der Waals surface area contributed by atoms with Crippen LogP contribution in [0.1, 0.15) is 53.6 Å². The van der Waals surface area contributed by atoms with Crippen LogP contribution >= 0.6 is 11.6 Å². The number of anilines is 1. The molecule has 0 aromatic heterocycles. The van der Waals surface area contributed by atoms with E-state index in [0.29, 0.717) is 23.9 Å². The zero-order valence-corrected chi connectivity index (χ0v) is 24.3. The van der Waals surface area contributed by atoms with E-state index in [1.807, 2.05) is 66.7 Å². The average molecular weight is 565 g/mol. The molecule has 5 heteroatoms. The molecule has 1 unspecified atom stereocenters. The molecule has 41 heavy (non-hydrogen) atoms. The summed E-state index contributed by atoms with van der Waals surface area (Å²) in [6, 6.07) is 33.9. The number of halogens is 1. The SMILES string of the molecule is CCCNC(=O)C(c1ccccc1)C1CCN(c2ccc(CC(=O)c3ccccc3-c3ccc(Cl)cc3)cc2)CC1. The van der Waals surface area contributed by atoms with Gasteiger partial charge in [0, 0.05) is 42.3 Å². The van der Waals surface area contributed by atoms with Crippen LogP contribution in [0.5, 0.6) is 0 Å². The molecule has 0 bridgehead atoms. The molecule has 5 rings (SSSR count). The number of nitrogens with one attached hydrogen (secondary N) is 1. The highest BCUT2D eigenvalue weighted by Crippen LogP contribution is 2.35. The topological polar surface area (TPSA) is 49.4 Å². The van der Waals surface area contributed by atoms with Gasteiger partial charge in [-0.15, -0.1) is 0 Å². The van der Waals surface area contributed by atoms with Crippen LogP contribution in [0.3, 0.4) is 0 Å².